The third-order valence-electron chi connectivity index (χ3n) is 4.18. The number of hydrogen-bond donors (Lipinski definition) is 2. The molecule has 0 saturated carbocycles. The molecule has 1 atom stereocenters. The standard InChI is InChI=1S/C20H21NO6S2/c1-3-20(2,23)13-12-15-8-10-16(11-9-15)17(22)14-28(24,25)18-6-4-5-7-19(18)29(21,26)27/h4-11,23H,3,14H2,1-2H3,(H2,21,26,27). The van der Waals surface area contributed by atoms with Crippen LogP contribution in [0.25, 0.3) is 0 Å². The van der Waals surface area contributed by atoms with Gasteiger partial charge < -0.3 is 5.11 Å². The molecular weight excluding hydrogens is 414 g/mol. The van der Waals surface area contributed by atoms with Crippen molar-refractivity contribution in [1.29, 1.82) is 0 Å². The average molecular weight is 436 g/mol. The molecule has 29 heavy (non-hydrogen) atoms. The highest BCUT2D eigenvalue weighted by Crippen LogP contribution is 2.21. The minimum Gasteiger partial charge on any atom is -0.378 e. The van der Waals surface area contributed by atoms with Crippen LogP contribution in [0.15, 0.2) is 58.3 Å². The summed E-state index contributed by atoms with van der Waals surface area (Å²) in [6, 6.07) is 10.8. The summed E-state index contributed by atoms with van der Waals surface area (Å²) in [5.74, 6) is 3.89. The highest BCUT2D eigenvalue weighted by atomic mass is 32.2. The van der Waals surface area contributed by atoms with Crippen molar-refractivity contribution in [3.8, 4) is 11.8 Å². The Hall–Kier alpha value is -2.51. The molecule has 2 aromatic carbocycles. The van der Waals surface area contributed by atoms with Gasteiger partial charge in [-0.2, -0.15) is 0 Å². The number of rotatable bonds is 6. The minimum absolute atomic E-state index is 0.134. The molecule has 0 saturated heterocycles. The van der Waals surface area contributed by atoms with Crippen molar-refractivity contribution in [2.45, 2.75) is 35.7 Å². The molecule has 9 heteroatoms. The van der Waals surface area contributed by atoms with Gasteiger partial charge >= 0.3 is 0 Å². The maximum Gasteiger partial charge on any atom is 0.239 e. The van der Waals surface area contributed by atoms with Crippen LogP contribution >= 0.6 is 0 Å². The summed E-state index contributed by atoms with van der Waals surface area (Å²) in [4.78, 5) is 11.4. The first kappa shape index (κ1) is 22.8. The summed E-state index contributed by atoms with van der Waals surface area (Å²) in [7, 11) is -8.50. The number of hydrogen-bond acceptors (Lipinski definition) is 6. The molecule has 0 aromatic heterocycles. The molecule has 0 aliphatic carbocycles. The highest BCUT2D eigenvalue weighted by molar-refractivity contribution is 7.94. The van der Waals surface area contributed by atoms with Gasteiger partial charge in [0.2, 0.25) is 10.0 Å². The van der Waals surface area contributed by atoms with Crippen LogP contribution in [-0.2, 0) is 19.9 Å². The first-order valence-corrected chi connectivity index (χ1v) is 11.8. The number of nitrogens with two attached hydrogens (primary N) is 1. The smallest absolute Gasteiger partial charge is 0.239 e. The van der Waals surface area contributed by atoms with E-state index in [4.69, 9.17) is 5.14 Å². The minimum atomic E-state index is -4.27. The third-order valence-corrected chi connectivity index (χ3v) is 6.95. The van der Waals surface area contributed by atoms with Gasteiger partial charge in [-0.1, -0.05) is 43.0 Å². The van der Waals surface area contributed by atoms with Gasteiger partial charge in [-0.05, 0) is 37.6 Å². The first-order chi connectivity index (χ1) is 13.4. The van der Waals surface area contributed by atoms with E-state index >= 15 is 0 Å². The summed E-state index contributed by atoms with van der Waals surface area (Å²) in [5.41, 5.74) is -0.439. The van der Waals surface area contributed by atoms with Gasteiger partial charge in [0.05, 0.1) is 4.90 Å². The molecule has 154 valence electrons. The van der Waals surface area contributed by atoms with Gasteiger partial charge in [-0.3, -0.25) is 4.79 Å². The van der Waals surface area contributed by atoms with E-state index in [2.05, 4.69) is 11.8 Å². The lowest BCUT2D eigenvalue weighted by Gasteiger charge is -2.11. The van der Waals surface area contributed by atoms with E-state index in [-0.39, 0.29) is 5.56 Å². The number of ketones is 1. The van der Waals surface area contributed by atoms with Crippen molar-refractivity contribution in [2.24, 2.45) is 5.14 Å². The van der Waals surface area contributed by atoms with Gasteiger partial charge in [0.25, 0.3) is 0 Å². The van der Waals surface area contributed by atoms with Crippen LogP contribution in [0.1, 0.15) is 36.2 Å². The van der Waals surface area contributed by atoms with Crippen LogP contribution in [0.4, 0.5) is 0 Å². The maximum absolute atomic E-state index is 12.6. The zero-order chi connectivity index (χ0) is 21.9. The Bertz CT molecular complexity index is 1190. The second-order valence-corrected chi connectivity index (χ2v) is 10.1. The van der Waals surface area contributed by atoms with E-state index < -0.39 is 46.8 Å². The number of sulfone groups is 1. The van der Waals surface area contributed by atoms with Crippen molar-refractivity contribution >= 4 is 25.6 Å². The fourth-order valence-electron chi connectivity index (χ4n) is 2.31. The van der Waals surface area contributed by atoms with E-state index in [0.29, 0.717) is 12.0 Å². The van der Waals surface area contributed by atoms with Crippen molar-refractivity contribution in [1.82, 2.24) is 0 Å². The number of sulfonamides is 1. The third kappa shape index (κ3) is 5.98. The lowest BCUT2D eigenvalue weighted by molar-refractivity contribution is 0.102. The molecule has 0 heterocycles. The second-order valence-electron chi connectivity index (χ2n) is 6.63. The predicted octanol–water partition coefficient (Wildman–Crippen LogP) is 1.50. The predicted molar refractivity (Wildman–Crippen MR) is 108 cm³/mol. The van der Waals surface area contributed by atoms with Gasteiger partial charge in [0.15, 0.2) is 15.6 Å². The number of aliphatic hydroxyl groups is 1. The number of carbonyl (C=O) groups excluding carboxylic acids is 1. The zero-order valence-electron chi connectivity index (χ0n) is 15.9. The Labute approximate surface area is 170 Å². The molecule has 0 amide bonds. The van der Waals surface area contributed by atoms with E-state index in [9.17, 15) is 26.7 Å². The quantitative estimate of drug-likeness (QED) is 0.522. The Balaban J connectivity index is 2.27. The summed E-state index contributed by atoms with van der Waals surface area (Å²) >= 11 is 0. The average Bonchev–Trinajstić information content (AvgIpc) is 2.66. The lowest BCUT2D eigenvalue weighted by atomic mass is 10.0. The lowest BCUT2D eigenvalue weighted by Crippen LogP contribution is -2.21. The Morgan fingerprint density at radius 3 is 2.10 bits per heavy atom. The van der Waals surface area contributed by atoms with E-state index in [0.717, 1.165) is 12.1 Å². The SMILES string of the molecule is CCC(C)(O)C#Cc1ccc(C(=O)CS(=O)(=O)c2ccccc2S(N)(=O)=O)cc1. The molecule has 0 spiro atoms. The largest absolute Gasteiger partial charge is 0.378 e. The summed E-state index contributed by atoms with van der Waals surface area (Å²) in [6.45, 7) is 3.38. The van der Waals surface area contributed by atoms with Crippen LogP contribution in [0.3, 0.4) is 0 Å². The summed E-state index contributed by atoms with van der Waals surface area (Å²) in [5, 5.41) is 15.0. The van der Waals surface area contributed by atoms with E-state index in [1.807, 2.05) is 0 Å². The molecule has 1 unspecified atom stereocenters. The molecule has 0 fully saturated rings. The molecule has 7 nitrogen and oxygen atoms in total. The Morgan fingerprint density at radius 1 is 1.03 bits per heavy atom. The first-order valence-electron chi connectivity index (χ1n) is 8.59. The topological polar surface area (TPSA) is 132 Å². The molecule has 0 bridgehead atoms. The molecule has 2 rings (SSSR count). The van der Waals surface area contributed by atoms with Crippen molar-refractivity contribution in [3.05, 3.63) is 59.7 Å². The monoisotopic (exact) mass is 435 g/mol. The summed E-state index contributed by atoms with van der Waals surface area (Å²) in [6.07, 6.45) is 0.453. The molecule has 0 radical (unpaired) electrons. The number of benzene rings is 2. The van der Waals surface area contributed by atoms with Crippen LogP contribution in [-0.4, -0.2) is 39.1 Å². The number of Topliss-reactive ketones (excluding diaryl/α,β-unsaturated/α-hetero) is 1. The van der Waals surface area contributed by atoms with E-state index in [1.165, 1.54) is 36.4 Å². The van der Waals surface area contributed by atoms with Crippen LogP contribution in [0.2, 0.25) is 0 Å². The molecule has 2 aromatic rings. The van der Waals surface area contributed by atoms with Gasteiger partial charge in [0, 0.05) is 11.1 Å². The maximum atomic E-state index is 12.6. The van der Waals surface area contributed by atoms with Crippen LogP contribution in [0, 0.1) is 11.8 Å². The van der Waals surface area contributed by atoms with Gasteiger partial charge in [0.1, 0.15) is 16.2 Å². The number of carbonyl (C=O) groups is 1. The summed E-state index contributed by atoms with van der Waals surface area (Å²) < 4.78 is 48.5. The van der Waals surface area contributed by atoms with Crippen LogP contribution < -0.4 is 5.14 Å². The normalized spacial score (nSPS) is 13.8. The number of primary sulfonamides is 1. The van der Waals surface area contributed by atoms with Gasteiger partial charge in [-0.15, -0.1) is 0 Å². The van der Waals surface area contributed by atoms with Gasteiger partial charge in [-0.25, -0.2) is 22.0 Å². The molecule has 0 aliphatic heterocycles. The molecule has 3 N–H and O–H groups in total. The fourth-order valence-corrected chi connectivity index (χ4v) is 4.98. The second kappa shape index (κ2) is 8.47. The Morgan fingerprint density at radius 2 is 1.59 bits per heavy atom. The van der Waals surface area contributed by atoms with Crippen molar-refractivity contribution in [2.75, 3.05) is 5.75 Å². The van der Waals surface area contributed by atoms with Crippen molar-refractivity contribution < 1.29 is 26.7 Å². The highest BCUT2D eigenvalue weighted by Gasteiger charge is 2.26. The van der Waals surface area contributed by atoms with Crippen LogP contribution in [0.5, 0.6) is 0 Å². The Kier molecular flexibility index (Phi) is 6.65. The molecule has 0 aliphatic rings. The van der Waals surface area contributed by atoms with Crippen molar-refractivity contribution in [3.63, 3.8) is 0 Å². The molecular formula is C20H21NO6S2. The zero-order valence-corrected chi connectivity index (χ0v) is 17.5. The fraction of sp³-hybridized carbons (Fsp3) is 0.250. The van der Waals surface area contributed by atoms with E-state index in [1.54, 1.807) is 13.8 Å².